The van der Waals surface area contributed by atoms with Gasteiger partial charge in [-0.1, -0.05) is 59.9 Å². The van der Waals surface area contributed by atoms with E-state index in [1.54, 1.807) is 0 Å². The Morgan fingerprint density at radius 2 is 1.79 bits per heavy atom. The number of halogens is 3. The maximum atomic E-state index is 11.9. The summed E-state index contributed by atoms with van der Waals surface area (Å²) in [5, 5.41) is 2.25. The first-order valence-corrected chi connectivity index (χ1v) is 8.75. The molecule has 1 aliphatic rings. The molecule has 2 N–H and O–H groups in total. The molecule has 19 heavy (non-hydrogen) atoms. The van der Waals surface area contributed by atoms with Gasteiger partial charge in [-0.2, -0.15) is 0 Å². The highest BCUT2D eigenvalue weighted by Crippen LogP contribution is 2.35. The molecule has 0 bridgehead atoms. The van der Waals surface area contributed by atoms with Gasteiger partial charge in [-0.15, -0.1) is 0 Å². The lowest BCUT2D eigenvalue weighted by Gasteiger charge is -2.36. The molecule has 1 fully saturated rings. The van der Waals surface area contributed by atoms with E-state index in [1.807, 2.05) is 24.3 Å². The van der Waals surface area contributed by atoms with Gasteiger partial charge in [0.2, 0.25) is 0 Å². The van der Waals surface area contributed by atoms with E-state index in [4.69, 9.17) is 4.74 Å². The second-order valence-corrected chi connectivity index (χ2v) is 8.56. The summed E-state index contributed by atoms with van der Waals surface area (Å²) in [6.07, 6.45) is 1.68. The number of carbonyl (C=O) groups excluding carboxylic acids is 1. The van der Waals surface area contributed by atoms with Crippen LogP contribution in [0.5, 0.6) is 0 Å². The van der Waals surface area contributed by atoms with E-state index < -0.39 is 9.34 Å². The van der Waals surface area contributed by atoms with E-state index in [0.29, 0.717) is 0 Å². The first-order valence-electron chi connectivity index (χ1n) is 6.12. The van der Waals surface area contributed by atoms with Gasteiger partial charge in [-0.05, 0) is 17.7 Å². The van der Waals surface area contributed by atoms with Crippen LogP contribution in [-0.4, -0.2) is 22.8 Å². The van der Waals surface area contributed by atoms with Gasteiger partial charge >= 0.3 is 5.97 Å². The van der Waals surface area contributed by atoms with Crippen molar-refractivity contribution in [1.82, 2.24) is 0 Å². The minimum atomic E-state index is -0.494. The Balaban J connectivity index is 2.28. The van der Waals surface area contributed by atoms with Crippen LogP contribution in [0.25, 0.3) is 0 Å². The van der Waals surface area contributed by atoms with Crippen molar-refractivity contribution >= 4 is 53.8 Å². The maximum Gasteiger partial charge on any atom is 0.331 e. The molecule has 2 rings (SSSR count). The van der Waals surface area contributed by atoms with Crippen LogP contribution in [0.3, 0.4) is 0 Å². The number of piperidine rings is 1. The molecule has 0 amide bonds. The Bertz CT molecular complexity index is 442. The number of carbonyl (C=O) groups is 1. The van der Waals surface area contributed by atoms with Crippen LogP contribution in [0.2, 0.25) is 0 Å². The van der Waals surface area contributed by atoms with Gasteiger partial charge in [0.25, 0.3) is 0 Å². The predicted octanol–water partition coefficient (Wildman–Crippen LogP) is 2.66. The first-order chi connectivity index (χ1) is 9.03. The summed E-state index contributed by atoms with van der Waals surface area (Å²) in [5.74, 6) is -0.273. The zero-order valence-electron chi connectivity index (χ0n) is 10.2. The van der Waals surface area contributed by atoms with Crippen molar-refractivity contribution in [2.24, 2.45) is 0 Å². The quantitative estimate of drug-likeness (QED) is 0.561. The van der Waals surface area contributed by atoms with Gasteiger partial charge in [0.15, 0.2) is 3.74 Å². The summed E-state index contributed by atoms with van der Waals surface area (Å²) in [5.41, 5.74) is 0.574. The van der Waals surface area contributed by atoms with Crippen molar-refractivity contribution in [1.29, 1.82) is 0 Å². The van der Waals surface area contributed by atoms with Crippen LogP contribution in [0.15, 0.2) is 28.7 Å². The number of hydrogen-bond donors (Lipinski definition) is 1. The third-order valence-electron chi connectivity index (χ3n) is 3.35. The summed E-state index contributed by atoms with van der Waals surface area (Å²) < 4.78 is 6.37. The molecule has 1 aliphatic heterocycles. The molecule has 0 unspecified atom stereocenters. The van der Waals surface area contributed by atoms with E-state index in [0.717, 1.165) is 36.0 Å². The van der Waals surface area contributed by atoms with Crippen molar-refractivity contribution < 1.29 is 14.8 Å². The number of hydrogen-bond acceptors (Lipinski definition) is 2. The van der Waals surface area contributed by atoms with Gasteiger partial charge in [0.05, 0.1) is 13.1 Å². The Morgan fingerprint density at radius 1 is 1.21 bits per heavy atom. The van der Waals surface area contributed by atoms with Crippen molar-refractivity contribution in [2.75, 3.05) is 13.1 Å². The van der Waals surface area contributed by atoms with Gasteiger partial charge in [0.1, 0.15) is 5.60 Å². The number of esters is 1. The van der Waals surface area contributed by atoms with E-state index in [2.05, 4.69) is 53.1 Å². The van der Waals surface area contributed by atoms with Crippen molar-refractivity contribution in [3.05, 3.63) is 34.3 Å². The molecular formula is C13H15Br3NO2+. The second-order valence-electron chi connectivity index (χ2n) is 4.59. The lowest BCUT2D eigenvalue weighted by Crippen LogP contribution is -2.87. The third-order valence-corrected chi connectivity index (χ3v) is 4.63. The summed E-state index contributed by atoms with van der Waals surface area (Å²) >= 11 is 9.84. The minimum absolute atomic E-state index is 0.273. The molecule has 0 spiro atoms. The molecule has 0 radical (unpaired) electrons. The van der Waals surface area contributed by atoms with Crippen LogP contribution in [0.1, 0.15) is 18.4 Å². The van der Waals surface area contributed by atoms with Gasteiger partial charge in [-0.3, -0.25) is 0 Å². The number of rotatable bonds is 3. The summed E-state index contributed by atoms with van der Waals surface area (Å²) in [6, 6.07) is 8.03. The minimum Gasteiger partial charge on any atom is -0.452 e. The Hall–Kier alpha value is 0.0900. The molecule has 1 heterocycles. The molecule has 104 valence electrons. The molecule has 6 heteroatoms. The van der Waals surface area contributed by atoms with Crippen molar-refractivity contribution in [2.45, 2.75) is 22.2 Å². The lowest BCUT2D eigenvalue weighted by molar-refractivity contribution is -0.668. The van der Waals surface area contributed by atoms with E-state index in [-0.39, 0.29) is 5.97 Å². The fourth-order valence-corrected chi connectivity index (χ4v) is 2.83. The van der Waals surface area contributed by atoms with Crippen LogP contribution >= 0.6 is 47.8 Å². The fourth-order valence-electron chi connectivity index (χ4n) is 2.38. The average molecular weight is 457 g/mol. The standard InChI is InChI=1S/C13H14Br3NO2/c14-10-3-1-9(2-4-10)13(5-7-17-8-6-13)19-12(18)11(15)16/h1-4,11,17H,5-8H2/p+1. The monoisotopic (exact) mass is 454 g/mol. The van der Waals surface area contributed by atoms with Crippen LogP contribution in [-0.2, 0) is 15.1 Å². The number of ether oxygens (including phenoxy) is 1. The van der Waals surface area contributed by atoms with Crippen molar-refractivity contribution in [3.63, 3.8) is 0 Å². The first kappa shape index (κ1) is 15.5. The average Bonchev–Trinajstić information content (AvgIpc) is 2.40. The Labute approximate surface area is 137 Å². The number of nitrogens with two attached hydrogens (primary N) is 1. The van der Waals surface area contributed by atoms with E-state index in [9.17, 15) is 4.79 Å². The van der Waals surface area contributed by atoms with E-state index >= 15 is 0 Å². The number of benzene rings is 1. The SMILES string of the molecule is O=C(OC1(c2ccc(Br)cc2)CC[NH2+]CC1)C(Br)Br. The highest BCUT2D eigenvalue weighted by atomic mass is 79.9. The van der Waals surface area contributed by atoms with Crippen LogP contribution in [0, 0.1) is 0 Å². The molecular weight excluding hydrogens is 442 g/mol. The Kier molecular flexibility index (Phi) is 5.45. The van der Waals surface area contributed by atoms with Gasteiger partial charge < -0.3 is 10.1 Å². The summed E-state index contributed by atoms with van der Waals surface area (Å²) in [7, 11) is 0. The molecule has 0 atom stereocenters. The molecule has 1 aromatic carbocycles. The smallest absolute Gasteiger partial charge is 0.331 e. The van der Waals surface area contributed by atoms with E-state index in [1.165, 1.54) is 0 Å². The zero-order chi connectivity index (χ0) is 13.9. The maximum absolute atomic E-state index is 11.9. The highest BCUT2D eigenvalue weighted by Gasteiger charge is 2.40. The van der Waals surface area contributed by atoms with Gasteiger partial charge in [0, 0.05) is 17.3 Å². The normalized spacial score (nSPS) is 18.3. The van der Waals surface area contributed by atoms with Crippen molar-refractivity contribution in [3.8, 4) is 0 Å². The predicted molar refractivity (Wildman–Crippen MR) is 84.4 cm³/mol. The lowest BCUT2D eigenvalue weighted by atomic mass is 9.85. The number of quaternary nitrogens is 1. The largest absolute Gasteiger partial charge is 0.452 e. The molecule has 0 saturated carbocycles. The zero-order valence-corrected chi connectivity index (χ0v) is 15.0. The Morgan fingerprint density at radius 3 is 2.32 bits per heavy atom. The fraction of sp³-hybridized carbons (Fsp3) is 0.462. The molecule has 0 aromatic heterocycles. The van der Waals surface area contributed by atoms with Crippen LogP contribution in [0.4, 0.5) is 0 Å². The molecule has 3 nitrogen and oxygen atoms in total. The number of alkyl halides is 2. The topological polar surface area (TPSA) is 42.9 Å². The second kappa shape index (κ2) is 6.70. The van der Waals surface area contributed by atoms with Crippen LogP contribution < -0.4 is 5.32 Å². The molecule has 1 saturated heterocycles. The third kappa shape index (κ3) is 3.80. The summed E-state index contributed by atoms with van der Waals surface area (Å²) in [6.45, 7) is 1.94. The summed E-state index contributed by atoms with van der Waals surface area (Å²) in [4.78, 5) is 11.9. The molecule has 0 aliphatic carbocycles. The van der Waals surface area contributed by atoms with Gasteiger partial charge in [-0.25, -0.2) is 4.79 Å². The highest BCUT2D eigenvalue weighted by molar-refractivity contribution is 9.25. The molecule has 1 aromatic rings.